The molecule has 0 saturated carbocycles. The Kier molecular flexibility index (Phi) is 6.44. The average Bonchev–Trinajstić information content (AvgIpc) is 3.49. The van der Waals surface area contributed by atoms with Crippen molar-refractivity contribution in [1.29, 1.82) is 0 Å². The lowest BCUT2D eigenvalue weighted by Gasteiger charge is -2.36. The fourth-order valence-corrected chi connectivity index (χ4v) is 5.90. The number of carbonyl (C=O) groups is 1. The molecule has 4 aromatic heterocycles. The Labute approximate surface area is 204 Å². The van der Waals surface area contributed by atoms with Crippen molar-refractivity contribution in [1.82, 2.24) is 19.9 Å². The number of anilines is 1. The summed E-state index contributed by atoms with van der Waals surface area (Å²) in [5.74, 6) is 0.649. The Bertz CT molecular complexity index is 1340. The molecule has 0 bridgehead atoms. The van der Waals surface area contributed by atoms with Gasteiger partial charge in [0, 0.05) is 41.7 Å². The number of ether oxygens (including phenoxy) is 1. The second kappa shape index (κ2) is 9.65. The van der Waals surface area contributed by atoms with Gasteiger partial charge in [0.25, 0.3) is 5.56 Å². The molecule has 0 spiro atoms. The van der Waals surface area contributed by atoms with Crippen LogP contribution in [0.1, 0.15) is 19.4 Å². The van der Waals surface area contributed by atoms with E-state index in [0.29, 0.717) is 16.8 Å². The van der Waals surface area contributed by atoms with Gasteiger partial charge in [-0.25, -0.2) is 9.97 Å². The van der Waals surface area contributed by atoms with E-state index in [1.165, 1.54) is 22.2 Å². The number of amides is 1. The maximum Gasteiger partial charge on any atom is 0.263 e. The van der Waals surface area contributed by atoms with Crippen LogP contribution in [0.25, 0.3) is 20.7 Å². The van der Waals surface area contributed by atoms with Crippen LogP contribution in [0.4, 0.5) is 5.82 Å². The molecule has 1 aliphatic rings. The number of hydrogen-bond donors (Lipinski definition) is 1. The second-order valence-corrected chi connectivity index (χ2v) is 10.3. The smallest absolute Gasteiger partial charge is 0.263 e. The molecule has 0 aliphatic carbocycles. The minimum Gasteiger partial charge on any atom is -0.372 e. The van der Waals surface area contributed by atoms with E-state index in [1.54, 1.807) is 17.5 Å². The zero-order valence-electron chi connectivity index (χ0n) is 18.9. The number of rotatable bonds is 6. The van der Waals surface area contributed by atoms with E-state index < -0.39 is 0 Å². The summed E-state index contributed by atoms with van der Waals surface area (Å²) in [6.07, 6.45) is 3.55. The molecule has 176 valence electrons. The van der Waals surface area contributed by atoms with E-state index in [2.05, 4.69) is 34.0 Å². The van der Waals surface area contributed by atoms with Crippen LogP contribution in [0.3, 0.4) is 0 Å². The minimum absolute atomic E-state index is 0.0867. The molecule has 1 amide bonds. The third-order valence-corrected chi connectivity index (χ3v) is 7.49. The first-order valence-electron chi connectivity index (χ1n) is 11.1. The van der Waals surface area contributed by atoms with E-state index in [9.17, 15) is 9.59 Å². The topological polar surface area (TPSA) is 89.4 Å². The number of pyridine rings is 1. The minimum atomic E-state index is -0.254. The molecule has 0 radical (unpaired) electrons. The lowest BCUT2D eigenvalue weighted by Crippen LogP contribution is -2.45. The van der Waals surface area contributed by atoms with Crippen molar-refractivity contribution in [3.63, 3.8) is 0 Å². The van der Waals surface area contributed by atoms with Gasteiger partial charge in [-0.15, -0.1) is 22.7 Å². The number of nitrogens with zero attached hydrogens (tertiary/aromatic N) is 4. The standard InChI is InChI=1S/C24H25N5O3S2/c1-15-10-28(11-16(2)32-15)20-6-5-17(8-25-20)9-26-21(30)12-29-14-27-23-22(24(29)31)18(13-34-23)19-4-3-7-33-19/h3-8,13-16H,9-12H2,1-2H3,(H,26,30). The number of carbonyl (C=O) groups excluding carboxylic acids is 1. The Balaban J connectivity index is 1.23. The zero-order chi connectivity index (χ0) is 23.7. The fourth-order valence-electron chi connectivity index (χ4n) is 4.18. The number of thiophene rings is 2. The van der Waals surface area contributed by atoms with Gasteiger partial charge < -0.3 is 15.0 Å². The van der Waals surface area contributed by atoms with E-state index in [4.69, 9.17) is 4.74 Å². The lowest BCUT2D eigenvalue weighted by molar-refractivity contribution is -0.121. The monoisotopic (exact) mass is 495 g/mol. The molecule has 1 fully saturated rings. The molecule has 5 heterocycles. The van der Waals surface area contributed by atoms with Gasteiger partial charge in [-0.05, 0) is 36.9 Å². The molecular weight excluding hydrogens is 470 g/mol. The maximum absolute atomic E-state index is 13.1. The molecule has 1 saturated heterocycles. The number of aromatic nitrogens is 3. The van der Waals surface area contributed by atoms with Gasteiger partial charge in [0.1, 0.15) is 17.2 Å². The number of nitrogens with one attached hydrogen (secondary N) is 1. The van der Waals surface area contributed by atoms with E-state index in [0.717, 1.165) is 34.9 Å². The predicted molar refractivity (Wildman–Crippen MR) is 135 cm³/mol. The van der Waals surface area contributed by atoms with Gasteiger partial charge in [0.2, 0.25) is 5.91 Å². The van der Waals surface area contributed by atoms with Gasteiger partial charge >= 0.3 is 0 Å². The normalized spacial score (nSPS) is 18.4. The second-order valence-electron chi connectivity index (χ2n) is 8.45. The number of morpholine rings is 1. The Hall–Kier alpha value is -3.08. The lowest BCUT2D eigenvalue weighted by atomic mass is 10.2. The third-order valence-electron chi connectivity index (χ3n) is 5.70. The van der Waals surface area contributed by atoms with Crippen LogP contribution >= 0.6 is 22.7 Å². The van der Waals surface area contributed by atoms with Crippen molar-refractivity contribution in [2.75, 3.05) is 18.0 Å². The quantitative estimate of drug-likeness (QED) is 0.440. The van der Waals surface area contributed by atoms with Crippen molar-refractivity contribution in [3.8, 4) is 10.4 Å². The molecule has 4 aromatic rings. The SMILES string of the molecule is CC1CN(c2ccc(CNC(=O)Cn3cnc4scc(-c5cccs5)c4c3=O)cn2)CC(C)O1. The molecule has 5 rings (SSSR count). The van der Waals surface area contributed by atoms with Crippen LogP contribution in [-0.2, 0) is 22.6 Å². The molecule has 1 aliphatic heterocycles. The summed E-state index contributed by atoms with van der Waals surface area (Å²) in [6.45, 7) is 5.98. The fraction of sp³-hybridized carbons (Fsp3) is 0.333. The van der Waals surface area contributed by atoms with Crippen molar-refractivity contribution < 1.29 is 9.53 Å². The summed E-state index contributed by atoms with van der Waals surface area (Å²) in [4.78, 5) is 38.5. The molecule has 2 atom stereocenters. The van der Waals surface area contributed by atoms with Crippen LogP contribution < -0.4 is 15.8 Å². The van der Waals surface area contributed by atoms with Gasteiger partial charge in [0.05, 0.1) is 23.9 Å². The molecule has 34 heavy (non-hydrogen) atoms. The zero-order valence-corrected chi connectivity index (χ0v) is 20.6. The molecule has 2 unspecified atom stereocenters. The van der Waals surface area contributed by atoms with Crippen molar-refractivity contribution >= 4 is 44.6 Å². The Morgan fingerprint density at radius 2 is 2.00 bits per heavy atom. The maximum atomic E-state index is 13.1. The van der Waals surface area contributed by atoms with Crippen molar-refractivity contribution in [2.24, 2.45) is 0 Å². The van der Waals surface area contributed by atoms with E-state index >= 15 is 0 Å². The average molecular weight is 496 g/mol. The first kappa shape index (κ1) is 22.7. The van der Waals surface area contributed by atoms with Gasteiger partial charge in [-0.1, -0.05) is 12.1 Å². The van der Waals surface area contributed by atoms with Gasteiger partial charge in [0.15, 0.2) is 0 Å². The van der Waals surface area contributed by atoms with Crippen LogP contribution in [0.15, 0.2) is 52.3 Å². The Morgan fingerprint density at radius 3 is 2.71 bits per heavy atom. The highest BCUT2D eigenvalue weighted by atomic mass is 32.1. The summed E-state index contributed by atoms with van der Waals surface area (Å²) >= 11 is 3.01. The molecule has 8 nitrogen and oxygen atoms in total. The highest BCUT2D eigenvalue weighted by Crippen LogP contribution is 2.33. The molecule has 10 heteroatoms. The van der Waals surface area contributed by atoms with Crippen LogP contribution in [0, 0.1) is 0 Å². The summed E-state index contributed by atoms with van der Waals surface area (Å²) < 4.78 is 7.15. The summed E-state index contributed by atoms with van der Waals surface area (Å²) in [6, 6.07) is 7.87. The van der Waals surface area contributed by atoms with Crippen molar-refractivity contribution in [3.05, 3.63) is 63.5 Å². The van der Waals surface area contributed by atoms with Gasteiger partial charge in [-0.3, -0.25) is 14.2 Å². The van der Waals surface area contributed by atoms with E-state index in [1.807, 2.05) is 35.0 Å². The van der Waals surface area contributed by atoms with Gasteiger partial charge in [-0.2, -0.15) is 0 Å². The first-order chi connectivity index (χ1) is 16.5. The number of fused-ring (bicyclic) bond motifs is 1. The molecule has 1 N–H and O–H groups in total. The summed E-state index contributed by atoms with van der Waals surface area (Å²) in [5, 5.41) is 7.37. The third kappa shape index (κ3) is 4.75. The highest BCUT2D eigenvalue weighted by Gasteiger charge is 2.23. The predicted octanol–water partition coefficient (Wildman–Crippen LogP) is 3.51. The highest BCUT2D eigenvalue weighted by molar-refractivity contribution is 7.18. The molecular formula is C24H25N5O3S2. The van der Waals surface area contributed by atoms with Crippen molar-refractivity contribution in [2.45, 2.75) is 39.1 Å². The van der Waals surface area contributed by atoms with Crippen LogP contribution in [-0.4, -0.2) is 45.7 Å². The largest absolute Gasteiger partial charge is 0.372 e. The number of hydrogen-bond acceptors (Lipinski definition) is 8. The summed E-state index contributed by atoms with van der Waals surface area (Å²) in [5.41, 5.74) is 1.56. The first-order valence-corrected chi connectivity index (χ1v) is 12.9. The summed E-state index contributed by atoms with van der Waals surface area (Å²) in [7, 11) is 0. The van der Waals surface area contributed by atoms with Crippen LogP contribution in [0.5, 0.6) is 0 Å². The molecule has 0 aromatic carbocycles. The van der Waals surface area contributed by atoms with E-state index in [-0.39, 0.29) is 30.2 Å². The Morgan fingerprint density at radius 1 is 1.18 bits per heavy atom. The van der Waals surface area contributed by atoms with Crippen LogP contribution in [0.2, 0.25) is 0 Å².